The van der Waals surface area contributed by atoms with Crippen molar-refractivity contribution >= 4 is 27.7 Å². The lowest BCUT2D eigenvalue weighted by molar-refractivity contribution is -0.149. The molecular weight excluding hydrogens is 288 g/mol. The molecule has 0 aromatic carbocycles. The second-order valence-electron chi connectivity index (χ2n) is 5.27. The molecule has 0 radical (unpaired) electrons. The third-order valence-corrected chi connectivity index (χ3v) is 3.50. The molecule has 116 valence electrons. The molecule has 8 nitrogen and oxygen atoms in total. The van der Waals surface area contributed by atoms with E-state index in [4.69, 9.17) is 5.11 Å². The second-order valence-corrected chi connectivity index (χ2v) is 7.53. The summed E-state index contributed by atoms with van der Waals surface area (Å²) in [7, 11) is -1.86. The Morgan fingerprint density at radius 2 is 1.75 bits per heavy atom. The van der Waals surface area contributed by atoms with Gasteiger partial charge in [0.2, 0.25) is 5.91 Å². The lowest BCUT2D eigenvalue weighted by atomic mass is 9.89. The molecule has 0 unspecified atom stereocenters. The van der Waals surface area contributed by atoms with Gasteiger partial charge in [0.15, 0.2) is 0 Å². The molecule has 9 heteroatoms. The summed E-state index contributed by atoms with van der Waals surface area (Å²) < 4.78 is 21.9. The summed E-state index contributed by atoms with van der Waals surface area (Å²) in [6, 6.07) is -0.764. The van der Waals surface area contributed by atoms with Gasteiger partial charge in [-0.25, -0.2) is 13.2 Å². The van der Waals surface area contributed by atoms with E-state index in [0.717, 1.165) is 11.2 Å². The molecule has 0 aliphatic rings. The summed E-state index contributed by atoms with van der Waals surface area (Å²) >= 11 is 0. The quantitative estimate of drug-likeness (QED) is 0.695. The number of carbonyl (C=O) groups is 3. The summed E-state index contributed by atoms with van der Waals surface area (Å²) in [5, 5.41) is 10.9. The smallest absolute Gasteiger partial charge is 0.323 e. The molecule has 0 atom stereocenters. The summed E-state index contributed by atoms with van der Waals surface area (Å²) in [4.78, 5) is 35.0. The van der Waals surface area contributed by atoms with E-state index in [-0.39, 0.29) is 18.7 Å². The fourth-order valence-electron chi connectivity index (χ4n) is 1.14. The van der Waals surface area contributed by atoms with Crippen LogP contribution in [0.5, 0.6) is 0 Å². The first kappa shape index (κ1) is 18.4. The zero-order valence-electron chi connectivity index (χ0n) is 12.0. The number of nitrogens with zero attached hydrogens (tertiary/aromatic N) is 1. The minimum atomic E-state index is -3.21. The van der Waals surface area contributed by atoms with Crippen molar-refractivity contribution in [3.05, 3.63) is 0 Å². The molecule has 0 aliphatic heterocycles. The highest BCUT2D eigenvalue weighted by Gasteiger charge is 2.31. The average molecular weight is 308 g/mol. The van der Waals surface area contributed by atoms with Gasteiger partial charge in [0.1, 0.15) is 9.84 Å². The van der Waals surface area contributed by atoms with E-state index in [1.54, 1.807) is 0 Å². The van der Waals surface area contributed by atoms with Crippen LogP contribution in [0.25, 0.3) is 0 Å². The molecule has 0 rings (SSSR count). The summed E-state index contributed by atoms with van der Waals surface area (Å²) in [6.45, 7) is 2.68. The standard InChI is InChI=1S/C11H20N2O6S/c1-11(2,9(15)16)7-8(14)12-10(17)13(3)5-6-20(4,18)19/h5-7H2,1-4H3,(H,15,16)(H,12,14,17). The number of rotatable bonds is 6. The van der Waals surface area contributed by atoms with Crippen LogP contribution in [0.15, 0.2) is 0 Å². The molecule has 0 aromatic heterocycles. The zero-order valence-corrected chi connectivity index (χ0v) is 12.8. The topological polar surface area (TPSA) is 121 Å². The number of carboxylic acid groups (broad SMARTS) is 1. The molecule has 0 saturated carbocycles. The number of hydrogen-bond donors (Lipinski definition) is 2. The maximum absolute atomic E-state index is 11.6. The van der Waals surface area contributed by atoms with E-state index >= 15 is 0 Å². The predicted molar refractivity (Wildman–Crippen MR) is 71.9 cm³/mol. The number of sulfone groups is 1. The van der Waals surface area contributed by atoms with Gasteiger partial charge in [-0.1, -0.05) is 0 Å². The maximum Gasteiger partial charge on any atom is 0.323 e. The summed E-state index contributed by atoms with van der Waals surface area (Å²) in [5.41, 5.74) is -1.28. The average Bonchev–Trinajstić information content (AvgIpc) is 2.23. The van der Waals surface area contributed by atoms with Crippen LogP contribution in [0.2, 0.25) is 0 Å². The van der Waals surface area contributed by atoms with Crippen LogP contribution in [0.4, 0.5) is 4.79 Å². The minimum Gasteiger partial charge on any atom is -0.481 e. The first-order valence-corrected chi connectivity index (χ1v) is 7.87. The Labute approximate surface area is 118 Å². The van der Waals surface area contributed by atoms with Crippen molar-refractivity contribution in [3.8, 4) is 0 Å². The Balaban J connectivity index is 4.40. The molecule has 2 N–H and O–H groups in total. The fraction of sp³-hybridized carbons (Fsp3) is 0.727. The van der Waals surface area contributed by atoms with Crippen molar-refractivity contribution < 1.29 is 27.9 Å². The number of aliphatic carboxylic acids is 1. The molecule has 0 bridgehead atoms. The highest BCUT2D eigenvalue weighted by atomic mass is 32.2. The van der Waals surface area contributed by atoms with Crippen LogP contribution >= 0.6 is 0 Å². The molecule has 0 fully saturated rings. The van der Waals surface area contributed by atoms with Gasteiger partial charge >= 0.3 is 12.0 Å². The Kier molecular flexibility index (Phi) is 6.14. The van der Waals surface area contributed by atoms with Crippen LogP contribution in [0, 0.1) is 5.41 Å². The van der Waals surface area contributed by atoms with Crippen LogP contribution in [-0.2, 0) is 19.4 Å². The van der Waals surface area contributed by atoms with Crippen molar-refractivity contribution in [1.82, 2.24) is 10.2 Å². The molecule has 20 heavy (non-hydrogen) atoms. The lowest BCUT2D eigenvalue weighted by Gasteiger charge is -2.20. The molecule has 3 amide bonds. The second kappa shape index (κ2) is 6.69. The van der Waals surface area contributed by atoms with Crippen molar-refractivity contribution in [2.45, 2.75) is 20.3 Å². The number of imide groups is 1. The van der Waals surface area contributed by atoms with Gasteiger partial charge in [-0.3, -0.25) is 14.9 Å². The van der Waals surface area contributed by atoms with E-state index in [1.165, 1.54) is 20.9 Å². The number of nitrogens with one attached hydrogen (secondary N) is 1. The van der Waals surface area contributed by atoms with E-state index in [2.05, 4.69) is 0 Å². The third-order valence-electron chi connectivity index (χ3n) is 2.57. The van der Waals surface area contributed by atoms with Crippen molar-refractivity contribution in [3.63, 3.8) is 0 Å². The minimum absolute atomic E-state index is 0.0553. The van der Waals surface area contributed by atoms with Crippen molar-refractivity contribution in [2.24, 2.45) is 5.41 Å². The van der Waals surface area contributed by atoms with E-state index in [9.17, 15) is 22.8 Å². The summed E-state index contributed by atoms with van der Waals surface area (Å²) in [5.74, 6) is -2.09. The van der Waals surface area contributed by atoms with Gasteiger partial charge in [-0.2, -0.15) is 0 Å². The monoisotopic (exact) mass is 308 g/mol. The Morgan fingerprint density at radius 1 is 1.25 bits per heavy atom. The van der Waals surface area contributed by atoms with Gasteiger partial charge < -0.3 is 10.0 Å². The largest absolute Gasteiger partial charge is 0.481 e. The number of carboxylic acids is 1. The first-order chi connectivity index (χ1) is 8.85. The molecule has 0 aromatic rings. The Bertz CT molecular complexity index is 497. The maximum atomic E-state index is 11.6. The normalized spacial score (nSPS) is 11.8. The third kappa shape index (κ3) is 7.07. The Hall–Kier alpha value is -1.64. The van der Waals surface area contributed by atoms with Gasteiger partial charge in [-0.05, 0) is 13.8 Å². The molecule has 0 aliphatic carbocycles. The molecule has 0 spiro atoms. The molecule has 0 saturated heterocycles. The number of amides is 3. The van der Waals surface area contributed by atoms with Crippen LogP contribution in [0.1, 0.15) is 20.3 Å². The molecule has 0 heterocycles. The van der Waals surface area contributed by atoms with Crippen LogP contribution < -0.4 is 5.32 Å². The first-order valence-electron chi connectivity index (χ1n) is 5.81. The van der Waals surface area contributed by atoms with Gasteiger partial charge in [0, 0.05) is 26.3 Å². The highest BCUT2D eigenvalue weighted by Crippen LogP contribution is 2.19. The van der Waals surface area contributed by atoms with Gasteiger partial charge in [0.05, 0.1) is 11.2 Å². The van der Waals surface area contributed by atoms with Gasteiger partial charge in [0.25, 0.3) is 0 Å². The van der Waals surface area contributed by atoms with E-state index < -0.39 is 33.2 Å². The molecular formula is C11H20N2O6S. The van der Waals surface area contributed by atoms with E-state index in [1.807, 2.05) is 5.32 Å². The fourth-order valence-corrected chi connectivity index (χ4v) is 1.75. The number of carbonyl (C=O) groups excluding carboxylic acids is 2. The van der Waals surface area contributed by atoms with Crippen LogP contribution in [-0.4, -0.2) is 61.9 Å². The van der Waals surface area contributed by atoms with Crippen molar-refractivity contribution in [2.75, 3.05) is 25.6 Å². The predicted octanol–water partition coefficient (Wildman–Crippen LogP) is -0.300. The lowest BCUT2D eigenvalue weighted by Crippen LogP contribution is -2.44. The van der Waals surface area contributed by atoms with Crippen LogP contribution in [0.3, 0.4) is 0 Å². The Morgan fingerprint density at radius 3 is 2.15 bits per heavy atom. The SMILES string of the molecule is CN(CCS(C)(=O)=O)C(=O)NC(=O)CC(C)(C)C(=O)O. The van der Waals surface area contributed by atoms with Crippen molar-refractivity contribution in [1.29, 1.82) is 0 Å². The number of hydrogen-bond acceptors (Lipinski definition) is 5. The summed E-state index contributed by atoms with van der Waals surface area (Å²) in [6.07, 6.45) is 0.688. The number of urea groups is 1. The highest BCUT2D eigenvalue weighted by molar-refractivity contribution is 7.90. The van der Waals surface area contributed by atoms with Gasteiger partial charge in [-0.15, -0.1) is 0 Å². The zero-order chi connectivity index (χ0) is 16.1. The van der Waals surface area contributed by atoms with E-state index in [0.29, 0.717) is 0 Å².